The molecule has 1 fully saturated rings. The predicted octanol–water partition coefficient (Wildman–Crippen LogP) is 3.67. The maximum absolute atomic E-state index is 11.8. The molecule has 0 atom stereocenters. The van der Waals surface area contributed by atoms with Gasteiger partial charge in [-0.3, -0.25) is 14.9 Å². The monoisotopic (exact) mass is 402 g/mol. The first-order valence-corrected chi connectivity index (χ1v) is 8.98. The van der Waals surface area contributed by atoms with Gasteiger partial charge in [0.1, 0.15) is 10.9 Å². The third-order valence-electron chi connectivity index (χ3n) is 3.67. The second-order valence-corrected chi connectivity index (χ2v) is 7.19. The summed E-state index contributed by atoms with van der Waals surface area (Å²) in [6.07, 6.45) is 1.72. The van der Waals surface area contributed by atoms with Crippen LogP contribution in [0.1, 0.15) is 11.1 Å². The molecule has 0 radical (unpaired) electrons. The summed E-state index contributed by atoms with van der Waals surface area (Å²) >= 11 is 6.18. The molecule has 0 unspecified atom stereocenters. The number of methoxy groups -OCH3 is 1. The second-order valence-electron chi connectivity index (χ2n) is 5.47. The van der Waals surface area contributed by atoms with Crippen LogP contribution in [0.3, 0.4) is 0 Å². The molecule has 0 aliphatic carbocycles. The van der Waals surface area contributed by atoms with E-state index in [4.69, 9.17) is 21.7 Å². The summed E-state index contributed by atoms with van der Waals surface area (Å²) in [4.78, 5) is 22.5. The van der Waals surface area contributed by atoms with Crippen molar-refractivity contribution in [2.45, 2.75) is 6.61 Å². The fourth-order valence-electron chi connectivity index (χ4n) is 2.34. The highest BCUT2D eigenvalue weighted by Crippen LogP contribution is 2.32. The van der Waals surface area contributed by atoms with Gasteiger partial charge in [-0.1, -0.05) is 30.0 Å². The Bertz CT molecular complexity index is 941. The zero-order valence-electron chi connectivity index (χ0n) is 14.1. The van der Waals surface area contributed by atoms with Crippen LogP contribution in [-0.4, -0.2) is 22.3 Å². The molecule has 0 saturated carbocycles. The molecule has 138 valence electrons. The lowest BCUT2D eigenvalue weighted by Crippen LogP contribution is -2.17. The number of nitrogens with zero attached hydrogens (tertiary/aromatic N) is 1. The van der Waals surface area contributed by atoms with E-state index in [1.54, 1.807) is 36.4 Å². The maximum atomic E-state index is 11.8. The van der Waals surface area contributed by atoms with E-state index in [-0.39, 0.29) is 18.2 Å². The summed E-state index contributed by atoms with van der Waals surface area (Å²) in [5, 5.41) is 13.3. The first-order valence-electron chi connectivity index (χ1n) is 7.75. The molecule has 2 aromatic carbocycles. The summed E-state index contributed by atoms with van der Waals surface area (Å²) in [6.45, 7) is 0.237. The summed E-state index contributed by atoms with van der Waals surface area (Å²) in [5.74, 6) is 0.816. The molecule has 1 heterocycles. The largest absolute Gasteiger partial charge is 0.493 e. The molecule has 3 rings (SSSR count). The number of nitro groups is 1. The quantitative estimate of drug-likeness (QED) is 0.341. The van der Waals surface area contributed by atoms with Gasteiger partial charge in [0.15, 0.2) is 11.5 Å². The van der Waals surface area contributed by atoms with Crippen LogP contribution >= 0.6 is 24.0 Å². The Morgan fingerprint density at radius 1 is 1.22 bits per heavy atom. The molecule has 7 nitrogen and oxygen atoms in total. The van der Waals surface area contributed by atoms with Crippen molar-refractivity contribution >= 4 is 46.0 Å². The van der Waals surface area contributed by atoms with E-state index in [0.717, 1.165) is 11.1 Å². The number of hydrogen-bond acceptors (Lipinski definition) is 7. The number of amides is 1. The Kier molecular flexibility index (Phi) is 5.72. The molecule has 1 aliphatic rings. The van der Waals surface area contributed by atoms with E-state index >= 15 is 0 Å². The molecule has 27 heavy (non-hydrogen) atoms. The fraction of sp³-hybridized carbons (Fsp3) is 0.111. The number of carbonyl (C=O) groups excluding carboxylic acids is 1. The Morgan fingerprint density at radius 2 is 1.96 bits per heavy atom. The average Bonchev–Trinajstić information content (AvgIpc) is 2.97. The van der Waals surface area contributed by atoms with Gasteiger partial charge in [0.25, 0.3) is 11.6 Å². The van der Waals surface area contributed by atoms with Crippen LogP contribution < -0.4 is 14.8 Å². The summed E-state index contributed by atoms with van der Waals surface area (Å²) in [6, 6.07) is 11.4. The minimum atomic E-state index is -0.448. The average molecular weight is 402 g/mol. The van der Waals surface area contributed by atoms with Crippen LogP contribution in [-0.2, 0) is 11.4 Å². The zero-order chi connectivity index (χ0) is 19.4. The third-order valence-corrected chi connectivity index (χ3v) is 4.83. The van der Waals surface area contributed by atoms with Gasteiger partial charge in [-0.25, -0.2) is 0 Å². The smallest absolute Gasteiger partial charge is 0.269 e. The number of carbonyl (C=O) groups is 1. The third kappa shape index (κ3) is 4.63. The van der Waals surface area contributed by atoms with Crippen molar-refractivity contribution in [3.05, 3.63) is 68.6 Å². The molecule has 2 aromatic rings. The van der Waals surface area contributed by atoms with Gasteiger partial charge in [0.2, 0.25) is 0 Å². The number of ether oxygens (including phenoxy) is 2. The maximum Gasteiger partial charge on any atom is 0.269 e. The number of thiocarbonyl (C=S) groups is 1. The van der Waals surface area contributed by atoms with Gasteiger partial charge in [0.05, 0.1) is 16.9 Å². The van der Waals surface area contributed by atoms with Gasteiger partial charge >= 0.3 is 0 Å². The van der Waals surface area contributed by atoms with Gasteiger partial charge in [0, 0.05) is 12.1 Å². The highest BCUT2D eigenvalue weighted by molar-refractivity contribution is 8.26. The van der Waals surface area contributed by atoms with E-state index in [9.17, 15) is 14.9 Å². The molecule has 9 heteroatoms. The van der Waals surface area contributed by atoms with Crippen LogP contribution in [0.25, 0.3) is 6.08 Å². The molecule has 0 bridgehead atoms. The Labute approximate surface area is 164 Å². The van der Waals surface area contributed by atoms with Crippen molar-refractivity contribution in [3.63, 3.8) is 0 Å². The highest BCUT2D eigenvalue weighted by Gasteiger charge is 2.22. The number of non-ortho nitro benzene ring substituents is 1. The summed E-state index contributed by atoms with van der Waals surface area (Å²) in [7, 11) is 1.52. The van der Waals surface area contributed by atoms with Crippen LogP contribution in [0.15, 0.2) is 47.4 Å². The lowest BCUT2D eigenvalue weighted by atomic mass is 10.2. The SMILES string of the molecule is COc1cc(/C=C2/SC(=S)NC2=O)ccc1OCc1ccc([N+](=O)[O-])cc1. The lowest BCUT2D eigenvalue weighted by Gasteiger charge is -2.11. The van der Waals surface area contributed by atoms with Gasteiger partial charge in [-0.15, -0.1) is 0 Å². The van der Waals surface area contributed by atoms with E-state index in [1.165, 1.54) is 31.0 Å². The van der Waals surface area contributed by atoms with E-state index in [0.29, 0.717) is 20.7 Å². The van der Waals surface area contributed by atoms with Crippen molar-refractivity contribution in [3.8, 4) is 11.5 Å². The molecule has 1 amide bonds. The van der Waals surface area contributed by atoms with Crippen LogP contribution in [0.4, 0.5) is 5.69 Å². The highest BCUT2D eigenvalue weighted by atomic mass is 32.2. The molecular weight excluding hydrogens is 388 g/mol. The number of nitrogens with one attached hydrogen (secondary N) is 1. The minimum absolute atomic E-state index is 0.0296. The van der Waals surface area contributed by atoms with Gasteiger partial charge in [-0.05, 0) is 41.5 Å². The number of rotatable bonds is 6. The fourth-order valence-corrected chi connectivity index (χ4v) is 3.38. The normalized spacial score (nSPS) is 14.9. The molecule has 1 saturated heterocycles. The zero-order valence-corrected chi connectivity index (χ0v) is 15.8. The van der Waals surface area contributed by atoms with Crippen molar-refractivity contribution in [1.82, 2.24) is 5.32 Å². The molecule has 1 N–H and O–H groups in total. The van der Waals surface area contributed by atoms with Crippen molar-refractivity contribution in [1.29, 1.82) is 0 Å². The summed E-state index contributed by atoms with van der Waals surface area (Å²) < 4.78 is 11.5. The van der Waals surface area contributed by atoms with E-state index in [2.05, 4.69) is 5.32 Å². The standard InChI is InChI=1S/C18H14N2O5S2/c1-24-15-8-12(9-16-17(21)19-18(26)27-16)4-7-14(15)25-10-11-2-5-13(6-3-11)20(22)23/h2-9H,10H2,1H3,(H,19,21,26)/b16-9+. The Balaban J connectivity index is 1.73. The van der Waals surface area contributed by atoms with Crippen molar-refractivity contribution in [2.75, 3.05) is 7.11 Å². The Morgan fingerprint density at radius 3 is 2.56 bits per heavy atom. The number of nitro benzene ring substituents is 1. The first kappa shape index (κ1) is 18.9. The van der Waals surface area contributed by atoms with Gasteiger partial charge in [-0.2, -0.15) is 0 Å². The minimum Gasteiger partial charge on any atom is -0.493 e. The molecule has 0 spiro atoms. The van der Waals surface area contributed by atoms with Crippen molar-refractivity contribution in [2.24, 2.45) is 0 Å². The topological polar surface area (TPSA) is 90.7 Å². The van der Waals surface area contributed by atoms with Crippen LogP contribution in [0, 0.1) is 10.1 Å². The van der Waals surface area contributed by atoms with Crippen LogP contribution in [0.2, 0.25) is 0 Å². The lowest BCUT2D eigenvalue weighted by molar-refractivity contribution is -0.384. The van der Waals surface area contributed by atoms with Crippen LogP contribution in [0.5, 0.6) is 11.5 Å². The number of thioether (sulfide) groups is 1. The second kappa shape index (κ2) is 8.19. The van der Waals surface area contributed by atoms with Crippen molar-refractivity contribution < 1.29 is 19.2 Å². The number of hydrogen-bond donors (Lipinski definition) is 1. The molecule has 1 aliphatic heterocycles. The van der Waals surface area contributed by atoms with E-state index in [1.807, 2.05) is 0 Å². The van der Waals surface area contributed by atoms with E-state index < -0.39 is 4.92 Å². The van der Waals surface area contributed by atoms with Gasteiger partial charge < -0.3 is 14.8 Å². The first-order chi connectivity index (χ1) is 13.0. The molecule has 0 aromatic heterocycles. The predicted molar refractivity (Wildman–Crippen MR) is 107 cm³/mol. The number of benzene rings is 2. The molecular formula is C18H14N2O5S2. The summed E-state index contributed by atoms with van der Waals surface area (Å²) in [5.41, 5.74) is 1.60. The Hall–Kier alpha value is -2.91.